The Hall–Kier alpha value is -3.40. The van der Waals surface area contributed by atoms with Crippen molar-refractivity contribution in [1.29, 1.82) is 0 Å². The summed E-state index contributed by atoms with van der Waals surface area (Å²) in [5, 5.41) is 3.52. The standard InChI is InChI=1S/C29H34F3N7/c30-29(31,32)23-5-4-14-34-26(23)38-17-10-22-24(11-18-38)36-27(39-15-2-1-3-16-39)37-25(22)35-21-8-6-20(7-9-21)28(19-33)12-13-28/h4-9,14H,1-3,10-13,15-19,33H2,(H,35,36,37). The van der Waals surface area contributed by atoms with Crippen molar-refractivity contribution in [1.82, 2.24) is 15.0 Å². The number of alkyl halides is 3. The molecular formula is C29H34F3N7. The van der Waals surface area contributed by atoms with Crippen LogP contribution in [0, 0.1) is 0 Å². The van der Waals surface area contributed by atoms with Gasteiger partial charge in [-0.2, -0.15) is 18.2 Å². The van der Waals surface area contributed by atoms with Gasteiger partial charge in [0.15, 0.2) is 0 Å². The average Bonchev–Trinajstić information content (AvgIpc) is 3.78. The monoisotopic (exact) mass is 537 g/mol. The Morgan fingerprint density at radius 1 is 0.897 bits per heavy atom. The molecular weight excluding hydrogens is 503 g/mol. The minimum atomic E-state index is -4.47. The lowest BCUT2D eigenvalue weighted by atomic mass is 9.96. The van der Waals surface area contributed by atoms with Crippen LogP contribution in [0.2, 0.25) is 0 Å². The van der Waals surface area contributed by atoms with Gasteiger partial charge in [-0.05, 0) is 68.4 Å². The molecule has 2 fully saturated rings. The molecule has 3 N–H and O–H groups in total. The van der Waals surface area contributed by atoms with E-state index in [1.54, 1.807) is 4.90 Å². The summed E-state index contributed by atoms with van der Waals surface area (Å²) < 4.78 is 41.3. The smallest absolute Gasteiger partial charge is 0.355 e. The van der Waals surface area contributed by atoms with E-state index in [0.717, 1.165) is 67.6 Å². The Morgan fingerprint density at radius 2 is 1.64 bits per heavy atom. The number of nitrogens with zero attached hydrogens (tertiary/aromatic N) is 5. The zero-order valence-corrected chi connectivity index (χ0v) is 22.0. The largest absolute Gasteiger partial charge is 0.419 e. The van der Waals surface area contributed by atoms with Crippen LogP contribution in [0.25, 0.3) is 0 Å². The van der Waals surface area contributed by atoms with Gasteiger partial charge in [-0.15, -0.1) is 0 Å². The molecule has 10 heteroatoms. The number of benzene rings is 1. The van der Waals surface area contributed by atoms with Crippen molar-refractivity contribution in [3.05, 3.63) is 65.0 Å². The van der Waals surface area contributed by atoms with E-state index in [9.17, 15) is 13.2 Å². The molecule has 3 aromatic rings. The lowest BCUT2D eigenvalue weighted by Crippen LogP contribution is -2.31. The van der Waals surface area contributed by atoms with Gasteiger partial charge >= 0.3 is 6.18 Å². The fourth-order valence-electron chi connectivity index (χ4n) is 5.81. The van der Waals surface area contributed by atoms with E-state index in [1.165, 1.54) is 24.2 Å². The number of hydrogen-bond donors (Lipinski definition) is 2. The van der Waals surface area contributed by atoms with Gasteiger partial charge in [-0.25, -0.2) is 9.97 Å². The molecule has 1 aliphatic carbocycles. The van der Waals surface area contributed by atoms with E-state index in [0.29, 0.717) is 38.4 Å². The molecule has 4 heterocycles. The first-order chi connectivity index (χ1) is 18.9. The fourth-order valence-corrected chi connectivity index (χ4v) is 5.81. The Bertz CT molecular complexity index is 1320. The van der Waals surface area contributed by atoms with Gasteiger partial charge in [0.1, 0.15) is 11.6 Å². The molecule has 6 rings (SSSR count). The van der Waals surface area contributed by atoms with Crippen LogP contribution in [0.4, 0.5) is 36.4 Å². The van der Waals surface area contributed by atoms with Crippen LogP contribution in [0.15, 0.2) is 42.6 Å². The summed E-state index contributed by atoms with van der Waals surface area (Å²) in [4.78, 5) is 18.0. The van der Waals surface area contributed by atoms with Crippen molar-refractivity contribution in [2.75, 3.05) is 47.8 Å². The number of nitrogens with one attached hydrogen (secondary N) is 1. The predicted octanol–water partition coefficient (Wildman–Crippen LogP) is 5.22. The van der Waals surface area contributed by atoms with E-state index in [4.69, 9.17) is 15.7 Å². The number of halogens is 3. The summed E-state index contributed by atoms with van der Waals surface area (Å²) in [6.45, 7) is 3.26. The minimum absolute atomic E-state index is 0.0268. The van der Waals surface area contributed by atoms with Crippen molar-refractivity contribution in [2.45, 2.75) is 56.5 Å². The quantitative estimate of drug-likeness (QED) is 0.446. The van der Waals surface area contributed by atoms with E-state index < -0.39 is 11.7 Å². The molecule has 0 spiro atoms. The lowest BCUT2D eigenvalue weighted by molar-refractivity contribution is -0.137. The minimum Gasteiger partial charge on any atom is -0.355 e. The highest BCUT2D eigenvalue weighted by Gasteiger charge is 2.42. The average molecular weight is 538 g/mol. The maximum Gasteiger partial charge on any atom is 0.419 e. The van der Waals surface area contributed by atoms with Crippen molar-refractivity contribution < 1.29 is 13.2 Å². The first-order valence-corrected chi connectivity index (χ1v) is 13.9. The SMILES string of the molecule is NCC1(c2ccc(Nc3nc(N4CCCCC4)nc4c3CCN(c3ncccc3C(F)(F)F)CC4)cc2)CC1. The van der Waals surface area contributed by atoms with E-state index in [-0.39, 0.29) is 11.2 Å². The van der Waals surface area contributed by atoms with Crippen LogP contribution in [-0.2, 0) is 24.4 Å². The first-order valence-electron chi connectivity index (χ1n) is 13.9. The predicted molar refractivity (Wildman–Crippen MR) is 147 cm³/mol. The summed E-state index contributed by atoms with van der Waals surface area (Å²) in [7, 11) is 0. The fraction of sp³-hybridized carbons (Fsp3) is 0.483. The first kappa shape index (κ1) is 25.9. The third kappa shape index (κ3) is 5.26. The number of pyridine rings is 1. The number of piperidine rings is 1. The number of nitrogens with two attached hydrogens (primary N) is 1. The summed E-state index contributed by atoms with van der Waals surface area (Å²) in [6.07, 6.45) is 3.62. The summed E-state index contributed by atoms with van der Waals surface area (Å²) in [6, 6.07) is 10.8. The molecule has 7 nitrogen and oxygen atoms in total. The van der Waals surface area contributed by atoms with E-state index in [1.807, 2.05) is 0 Å². The number of rotatable bonds is 6. The van der Waals surface area contributed by atoms with Gasteiger partial charge in [0.25, 0.3) is 0 Å². The molecule has 1 saturated heterocycles. The lowest BCUT2D eigenvalue weighted by Gasteiger charge is -2.28. The van der Waals surface area contributed by atoms with Crippen molar-refractivity contribution >= 4 is 23.3 Å². The normalized spacial score (nSPS) is 18.9. The Labute approximate surface area is 226 Å². The van der Waals surface area contributed by atoms with Crippen LogP contribution >= 0.6 is 0 Å². The van der Waals surface area contributed by atoms with Crippen LogP contribution in [0.3, 0.4) is 0 Å². The second-order valence-electron chi connectivity index (χ2n) is 10.9. The molecule has 0 radical (unpaired) electrons. The second kappa shape index (κ2) is 10.3. The van der Waals surface area contributed by atoms with Crippen molar-refractivity contribution in [3.8, 4) is 0 Å². The summed E-state index contributed by atoms with van der Waals surface area (Å²) in [5.41, 5.74) is 9.45. The Kier molecular flexibility index (Phi) is 6.82. The second-order valence-corrected chi connectivity index (χ2v) is 10.9. The molecule has 206 valence electrons. The van der Waals surface area contributed by atoms with Crippen molar-refractivity contribution in [2.24, 2.45) is 5.73 Å². The van der Waals surface area contributed by atoms with Gasteiger partial charge < -0.3 is 20.9 Å². The summed E-state index contributed by atoms with van der Waals surface area (Å²) in [5.74, 6) is 1.39. The molecule has 2 aliphatic heterocycles. The molecule has 2 aromatic heterocycles. The topological polar surface area (TPSA) is 83.2 Å². The van der Waals surface area contributed by atoms with Crippen molar-refractivity contribution in [3.63, 3.8) is 0 Å². The van der Waals surface area contributed by atoms with Crippen LogP contribution in [0.5, 0.6) is 0 Å². The molecule has 1 saturated carbocycles. The molecule has 0 amide bonds. The van der Waals surface area contributed by atoms with Gasteiger partial charge in [0, 0.05) is 62.0 Å². The maximum absolute atomic E-state index is 13.8. The van der Waals surface area contributed by atoms with E-state index >= 15 is 0 Å². The highest BCUT2D eigenvalue weighted by molar-refractivity contribution is 5.63. The maximum atomic E-state index is 13.8. The molecule has 0 unspecified atom stereocenters. The third-order valence-electron chi connectivity index (χ3n) is 8.37. The molecule has 39 heavy (non-hydrogen) atoms. The van der Waals surface area contributed by atoms with Gasteiger partial charge in [-0.3, -0.25) is 0 Å². The van der Waals surface area contributed by atoms with Gasteiger partial charge in [0.05, 0.1) is 11.3 Å². The molecule has 3 aliphatic rings. The Morgan fingerprint density at radius 3 is 2.33 bits per heavy atom. The zero-order chi connectivity index (χ0) is 27.0. The number of hydrogen-bond acceptors (Lipinski definition) is 7. The Balaban J connectivity index is 1.31. The zero-order valence-electron chi connectivity index (χ0n) is 22.0. The summed E-state index contributed by atoms with van der Waals surface area (Å²) >= 11 is 0. The number of fused-ring (bicyclic) bond motifs is 1. The molecule has 0 atom stereocenters. The van der Waals surface area contributed by atoms with E-state index in [2.05, 4.69) is 39.5 Å². The number of anilines is 4. The highest BCUT2D eigenvalue weighted by Crippen LogP contribution is 2.47. The van der Waals surface area contributed by atoms with Gasteiger partial charge in [-0.1, -0.05) is 12.1 Å². The number of aromatic nitrogens is 3. The van der Waals surface area contributed by atoms with Gasteiger partial charge in [0.2, 0.25) is 5.95 Å². The van der Waals surface area contributed by atoms with Crippen LogP contribution < -0.4 is 20.9 Å². The van der Waals surface area contributed by atoms with Crippen LogP contribution in [0.1, 0.15) is 54.5 Å². The highest BCUT2D eigenvalue weighted by atomic mass is 19.4. The van der Waals surface area contributed by atoms with Crippen LogP contribution in [-0.4, -0.2) is 47.7 Å². The molecule has 0 bridgehead atoms. The molecule has 1 aromatic carbocycles. The third-order valence-corrected chi connectivity index (χ3v) is 8.37.